The number of rotatable bonds is 3. The van der Waals surface area contributed by atoms with Crippen LogP contribution in [0.4, 0.5) is 5.69 Å². The van der Waals surface area contributed by atoms with Crippen LogP contribution in [0, 0.1) is 5.92 Å². The second-order valence-electron chi connectivity index (χ2n) is 8.51. The fourth-order valence-corrected chi connectivity index (χ4v) is 6.33. The summed E-state index contributed by atoms with van der Waals surface area (Å²) in [4.78, 5) is 20.3. The lowest BCUT2D eigenvalue weighted by molar-refractivity contribution is -0.120. The van der Waals surface area contributed by atoms with Crippen LogP contribution in [0.2, 0.25) is 0 Å². The summed E-state index contributed by atoms with van der Waals surface area (Å²) in [6.07, 6.45) is 12.8. The highest BCUT2D eigenvalue weighted by Gasteiger charge is 2.31. The maximum atomic E-state index is 13.5. The first-order valence-electron chi connectivity index (χ1n) is 11.0. The van der Waals surface area contributed by atoms with Gasteiger partial charge in [0.1, 0.15) is 0 Å². The fourth-order valence-electron chi connectivity index (χ4n) is 4.87. The second-order valence-corrected chi connectivity index (χ2v) is 10.00. The molecular weight excluding hydrogens is 378 g/mol. The van der Waals surface area contributed by atoms with Crippen LogP contribution in [0.25, 0.3) is 0 Å². The van der Waals surface area contributed by atoms with Crippen molar-refractivity contribution in [3.05, 3.63) is 53.9 Å². The molecule has 152 valence electrons. The topological polar surface area (TPSA) is 37.6 Å². The van der Waals surface area contributed by atoms with Crippen LogP contribution in [0.3, 0.4) is 0 Å². The van der Waals surface area contributed by atoms with Gasteiger partial charge >= 0.3 is 0 Å². The first-order chi connectivity index (χ1) is 14.3. The van der Waals surface area contributed by atoms with E-state index in [1.807, 2.05) is 28.9 Å². The lowest BCUT2D eigenvalue weighted by atomic mass is 9.99. The van der Waals surface area contributed by atoms with Gasteiger partial charge in [0.2, 0.25) is 5.91 Å². The largest absolute Gasteiger partial charge is 0.345 e. The Morgan fingerprint density at radius 1 is 0.966 bits per heavy atom. The highest BCUT2D eigenvalue weighted by molar-refractivity contribution is 8.00. The molecule has 29 heavy (non-hydrogen) atoms. The fraction of sp³-hybridized carbons (Fsp3) is 0.500. The zero-order chi connectivity index (χ0) is 19.6. The van der Waals surface area contributed by atoms with Crippen molar-refractivity contribution in [1.29, 1.82) is 0 Å². The molecule has 1 saturated carbocycles. The smallest absolute Gasteiger partial charge is 0.235 e. The minimum Gasteiger partial charge on any atom is -0.345 e. The normalized spacial score (nSPS) is 24.6. The van der Waals surface area contributed by atoms with Gasteiger partial charge in [-0.15, -0.1) is 11.8 Å². The van der Waals surface area contributed by atoms with Gasteiger partial charge in [-0.05, 0) is 49.4 Å². The summed E-state index contributed by atoms with van der Waals surface area (Å²) >= 11 is 2.05. The molecule has 2 aliphatic heterocycles. The molecule has 2 unspecified atom stereocenters. The Morgan fingerprint density at radius 2 is 1.83 bits per heavy atom. The Labute approximate surface area is 177 Å². The molecule has 0 spiro atoms. The number of aromatic nitrogens is 1. The van der Waals surface area contributed by atoms with Gasteiger partial charge in [0.15, 0.2) is 0 Å². The number of benzene rings is 1. The maximum absolute atomic E-state index is 13.5. The SMILES string of the molecule is O=C(C1C=NC(SC2CCCCC2)CC1)N1Cc2cccn2Cc2ccccc21. The summed E-state index contributed by atoms with van der Waals surface area (Å²) < 4.78 is 2.25. The van der Waals surface area contributed by atoms with Crippen LogP contribution in [-0.4, -0.2) is 27.3 Å². The molecule has 1 aliphatic carbocycles. The van der Waals surface area contributed by atoms with Crippen molar-refractivity contribution < 1.29 is 4.79 Å². The van der Waals surface area contributed by atoms with E-state index in [4.69, 9.17) is 4.99 Å². The Balaban J connectivity index is 1.32. The number of aliphatic imine (C=N–C) groups is 1. The molecule has 2 atom stereocenters. The number of nitrogens with zero attached hydrogens (tertiary/aromatic N) is 3. The number of anilines is 1. The van der Waals surface area contributed by atoms with E-state index in [9.17, 15) is 4.79 Å². The summed E-state index contributed by atoms with van der Waals surface area (Å²) in [6, 6.07) is 12.5. The van der Waals surface area contributed by atoms with Crippen molar-refractivity contribution in [2.75, 3.05) is 4.90 Å². The van der Waals surface area contributed by atoms with E-state index in [-0.39, 0.29) is 11.8 Å². The van der Waals surface area contributed by atoms with E-state index in [0.717, 1.165) is 30.3 Å². The van der Waals surface area contributed by atoms with Crippen molar-refractivity contribution in [2.24, 2.45) is 10.9 Å². The number of fused-ring (bicyclic) bond motifs is 2. The Bertz CT molecular complexity index is 899. The summed E-state index contributed by atoms with van der Waals surface area (Å²) in [6.45, 7) is 1.45. The maximum Gasteiger partial charge on any atom is 0.235 e. The van der Waals surface area contributed by atoms with Crippen molar-refractivity contribution in [1.82, 2.24) is 4.57 Å². The van der Waals surface area contributed by atoms with Crippen molar-refractivity contribution in [3.8, 4) is 0 Å². The van der Waals surface area contributed by atoms with Gasteiger partial charge in [0.05, 0.1) is 17.8 Å². The highest BCUT2D eigenvalue weighted by Crippen LogP contribution is 2.36. The minimum absolute atomic E-state index is 0.104. The molecule has 2 aromatic rings. The van der Waals surface area contributed by atoms with E-state index in [0.29, 0.717) is 11.9 Å². The molecule has 0 N–H and O–H groups in total. The third-order valence-electron chi connectivity index (χ3n) is 6.51. The van der Waals surface area contributed by atoms with Gasteiger partial charge in [-0.2, -0.15) is 0 Å². The van der Waals surface area contributed by atoms with E-state index in [1.54, 1.807) is 0 Å². The van der Waals surface area contributed by atoms with E-state index >= 15 is 0 Å². The van der Waals surface area contributed by atoms with Gasteiger partial charge in [0, 0.05) is 35.6 Å². The van der Waals surface area contributed by atoms with Gasteiger partial charge in [0.25, 0.3) is 0 Å². The van der Waals surface area contributed by atoms with E-state index < -0.39 is 0 Å². The van der Waals surface area contributed by atoms with Crippen molar-refractivity contribution in [3.63, 3.8) is 0 Å². The predicted molar refractivity (Wildman–Crippen MR) is 121 cm³/mol. The third-order valence-corrected chi connectivity index (χ3v) is 8.04. The first kappa shape index (κ1) is 19.0. The average Bonchev–Trinajstić information content (AvgIpc) is 3.13. The van der Waals surface area contributed by atoms with Gasteiger partial charge in [-0.1, -0.05) is 37.5 Å². The number of amides is 1. The van der Waals surface area contributed by atoms with Crippen LogP contribution in [0.5, 0.6) is 0 Å². The lowest BCUT2D eigenvalue weighted by Crippen LogP contribution is -2.38. The molecule has 0 bridgehead atoms. The number of carbonyl (C=O) groups excluding carboxylic acids is 1. The summed E-state index contributed by atoms with van der Waals surface area (Å²) in [5.74, 6) is 0.0877. The van der Waals surface area contributed by atoms with Crippen LogP contribution in [0.1, 0.15) is 56.2 Å². The number of para-hydroxylation sites is 1. The number of hydrogen-bond acceptors (Lipinski definition) is 3. The predicted octanol–water partition coefficient (Wildman–Crippen LogP) is 5.26. The molecule has 0 radical (unpaired) electrons. The number of carbonyl (C=O) groups is 1. The van der Waals surface area contributed by atoms with Gasteiger partial charge in [-0.25, -0.2) is 0 Å². The quantitative estimate of drug-likeness (QED) is 0.696. The van der Waals surface area contributed by atoms with Crippen LogP contribution in [0.15, 0.2) is 47.6 Å². The lowest BCUT2D eigenvalue weighted by Gasteiger charge is -2.30. The van der Waals surface area contributed by atoms with Crippen LogP contribution >= 0.6 is 11.8 Å². The molecule has 0 saturated heterocycles. The molecule has 1 amide bonds. The van der Waals surface area contributed by atoms with Crippen LogP contribution < -0.4 is 4.90 Å². The third kappa shape index (κ3) is 4.02. The Hall–Kier alpha value is -2.01. The molecule has 5 heteroatoms. The zero-order valence-electron chi connectivity index (χ0n) is 16.9. The zero-order valence-corrected chi connectivity index (χ0v) is 17.7. The number of hydrogen-bond donors (Lipinski definition) is 0. The Morgan fingerprint density at radius 3 is 2.66 bits per heavy atom. The molecule has 1 aromatic carbocycles. The monoisotopic (exact) mass is 407 g/mol. The average molecular weight is 408 g/mol. The summed E-state index contributed by atoms with van der Waals surface area (Å²) in [5.41, 5.74) is 3.44. The van der Waals surface area contributed by atoms with Crippen molar-refractivity contribution >= 4 is 29.6 Å². The molecule has 5 rings (SSSR count). The Kier molecular flexibility index (Phi) is 5.49. The standard InChI is InChI=1S/C24H29N3OS/c28-24(18-12-13-23(25-15-18)29-21-9-2-1-3-10-21)27-17-20-8-6-14-26(20)16-19-7-4-5-11-22(19)27/h4-8,11,14-15,18,21,23H,1-3,9-10,12-13,16-17H2. The van der Waals surface area contributed by atoms with Crippen molar-refractivity contribution in [2.45, 2.75) is 68.7 Å². The minimum atomic E-state index is -0.104. The highest BCUT2D eigenvalue weighted by atomic mass is 32.2. The van der Waals surface area contributed by atoms with E-state index in [2.05, 4.69) is 41.1 Å². The molecular formula is C24H29N3OS. The summed E-state index contributed by atoms with van der Waals surface area (Å²) in [7, 11) is 0. The number of thioether (sulfide) groups is 1. The molecule has 1 fully saturated rings. The molecule has 3 heterocycles. The molecule has 4 nitrogen and oxygen atoms in total. The molecule has 3 aliphatic rings. The van der Waals surface area contributed by atoms with Gasteiger partial charge in [-0.3, -0.25) is 9.79 Å². The van der Waals surface area contributed by atoms with E-state index in [1.165, 1.54) is 43.4 Å². The van der Waals surface area contributed by atoms with Gasteiger partial charge < -0.3 is 9.47 Å². The van der Waals surface area contributed by atoms with Crippen LogP contribution in [-0.2, 0) is 17.9 Å². The molecule has 1 aromatic heterocycles. The summed E-state index contributed by atoms with van der Waals surface area (Å²) in [5, 5.41) is 1.11. The second kappa shape index (κ2) is 8.39. The first-order valence-corrected chi connectivity index (χ1v) is 11.9.